The standard InChI is InChI=1S/C26H27ClFN7O2/c1-4-30-12-16(11-29)13-31-24(36)22-15(3)32-25(34-23(22)18-7-5-14(2)9-19(18)27)35-26-33-20-8-6-17(28)10-21(20)37-26/h5-12,23H,4,13,29H2,1-3H3,(H,31,36)(H2,32,33,34,35)/b16-11+,30-12?. The molecule has 0 fully saturated rings. The molecule has 192 valence electrons. The molecule has 1 unspecified atom stereocenters. The van der Waals surface area contributed by atoms with Gasteiger partial charge in [-0.1, -0.05) is 23.7 Å². The summed E-state index contributed by atoms with van der Waals surface area (Å²) in [5, 5.41) is 9.43. The zero-order chi connectivity index (χ0) is 26.5. The van der Waals surface area contributed by atoms with Crippen LogP contribution < -0.4 is 21.7 Å². The van der Waals surface area contributed by atoms with Crippen LogP contribution in [0, 0.1) is 12.7 Å². The first-order valence-corrected chi connectivity index (χ1v) is 12.0. The van der Waals surface area contributed by atoms with Gasteiger partial charge in [-0.25, -0.2) is 9.38 Å². The molecule has 0 aliphatic carbocycles. The predicted molar refractivity (Wildman–Crippen MR) is 144 cm³/mol. The van der Waals surface area contributed by atoms with Crippen molar-refractivity contribution < 1.29 is 13.6 Å². The fraction of sp³-hybridized carbons (Fsp3) is 0.231. The van der Waals surface area contributed by atoms with E-state index in [4.69, 9.17) is 26.7 Å². The van der Waals surface area contributed by atoms with Gasteiger partial charge in [0.15, 0.2) is 5.58 Å². The molecule has 9 nitrogen and oxygen atoms in total. The Morgan fingerprint density at radius 3 is 2.84 bits per heavy atom. The Morgan fingerprint density at radius 2 is 2.11 bits per heavy atom. The van der Waals surface area contributed by atoms with Gasteiger partial charge in [-0.05, 0) is 44.5 Å². The second kappa shape index (κ2) is 11.3. The fourth-order valence-electron chi connectivity index (χ4n) is 3.80. The van der Waals surface area contributed by atoms with E-state index in [1.807, 2.05) is 32.0 Å². The van der Waals surface area contributed by atoms with Gasteiger partial charge in [0, 0.05) is 53.4 Å². The van der Waals surface area contributed by atoms with Gasteiger partial charge in [0.1, 0.15) is 17.4 Å². The number of rotatable bonds is 7. The predicted octanol–water partition coefficient (Wildman–Crippen LogP) is 4.36. The number of aryl methyl sites for hydroxylation is 1. The van der Waals surface area contributed by atoms with Crippen molar-refractivity contribution in [2.75, 3.05) is 18.4 Å². The highest BCUT2D eigenvalue weighted by Gasteiger charge is 2.31. The van der Waals surface area contributed by atoms with Gasteiger partial charge in [-0.3, -0.25) is 15.1 Å². The first-order valence-electron chi connectivity index (χ1n) is 11.6. The monoisotopic (exact) mass is 523 g/mol. The smallest absolute Gasteiger partial charge is 0.302 e. The van der Waals surface area contributed by atoms with E-state index in [0.29, 0.717) is 51.0 Å². The van der Waals surface area contributed by atoms with E-state index >= 15 is 0 Å². The van der Waals surface area contributed by atoms with Gasteiger partial charge in [-0.15, -0.1) is 0 Å². The van der Waals surface area contributed by atoms with Crippen LogP contribution in [0.3, 0.4) is 0 Å². The number of oxazole rings is 1. The van der Waals surface area contributed by atoms with E-state index in [9.17, 15) is 9.18 Å². The highest BCUT2D eigenvalue weighted by Crippen LogP contribution is 2.35. The number of benzene rings is 2. The number of aliphatic imine (C=N–C) groups is 2. The molecule has 1 aliphatic heterocycles. The SMILES string of the molecule is CCN=C/C(=C\N)CNC(=O)C1=C(C)NC(Nc2nc3ccc(F)cc3o2)=NC1c1ccc(C)cc1Cl. The van der Waals surface area contributed by atoms with E-state index in [-0.39, 0.29) is 18.5 Å². The van der Waals surface area contributed by atoms with Gasteiger partial charge < -0.3 is 20.8 Å². The summed E-state index contributed by atoms with van der Waals surface area (Å²) in [5.74, 6) is -0.475. The van der Waals surface area contributed by atoms with Crippen LogP contribution in [-0.2, 0) is 4.79 Å². The highest BCUT2D eigenvalue weighted by atomic mass is 35.5. The number of allylic oxidation sites excluding steroid dienone is 1. The van der Waals surface area contributed by atoms with Crippen molar-refractivity contribution in [1.82, 2.24) is 15.6 Å². The fourth-order valence-corrected chi connectivity index (χ4v) is 4.14. The van der Waals surface area contributed by atoms with E-state index in [0.717, 1.165) is 5.56 Å². The van der Waals surface area contributed by atoms with Crippen LogP contribution >= 0.6 is 11.6 Å². The lowest BCUT2D eigenvalue weighted by Crippen LogP contribution is -2.39. The minimum absolute atomic E-state index is 0.120. The topological polar surface area (TPSA) is 130 Å². The van der Waals surface area contributed by atoms with Crippen molar-refractivity contribution >= 4 is 46.8 Å². The molecule has 0 radical (unpaired) electrons. The second-order valence-electron chi connectivity index (χ2n) is 8.38. The van der Waals surface area contributed by atoms with Crippen molar-refractivity contribution in [2.45, 2.75) is 26.8 Å². The molecular weight excluding hydrogens is 497 g/mol. The normalized spacial score (nSPS) is 16.2. The molecule has 5 N–H and O–H groups in total. The number of anilines is 1. The highest BCUT2D eigenvalue weighted by molar-refractivity contribution is 6.31. The number of halogens is 2. The van der Waals surface area contributed by atoms with Crippen LogP contribution in [-0.4, -0.2) is 36.2 Å². The van der Waals surface area contributed by atoms with Gasteiger partial charge >= 0.3 is 6.01 Å². The average Bonchev–Trinajstić information content (AvgIpc) is 3.25. The molecular formula is C26H27ClFN7O2. The van der Waals surface area contributed by atoms with Crippen LogP contribution in [0.1, 0.15) is 31.0 Å². The lowest BCUT2D eigenvalue weighted by molar-refractivity contribution is -0.117. The Kier molecular flexibility index (Phi) is 7.88. The van der Waals surface area contributed by atoms with Crippen LogP contribution in [0.25, 0.3) is 11.1 Å². The minimum atomic E-state index is -0.728. The molecule has 1 aromatic heterocycles. The first kappa shape index (κ1) is 25.9. The molecule has 2 aromatic carbocycles. The van der Waals surface area contributed by atoms with Crippen molar-refractivity contribution in [1.29, 1.82) is 0 Å². The molecule has 0 saturated carbocycles. The molecule has 1 atom stereocenters. The summed E-state index contributed by atoms with van der Waals surface area (Å²) in [6, 6.07) is 9.03. The number of amides is 1. The summed E-state index contributed by atoms with van der Waals surface area (Å²) < 4.78 is 19.2. The van der Waals surface area contributed by atoms with Crippen molar-refractivity contribution in [3.8, 4) is 0 Å². The van der Waals surface area contributed by atoms with Crippen molar-refractivity contribution in [2.24, 2.45) is 15.7 Å². The minimum Gasteiger partial charge on any atom is -0.423 e. The molecule has 1 aliphatic rings. The number of nitrogens with zero attached hydrogens (tertiary/aromatic N) is 3. The third-order valence-electron chi connectivity index (χ3n) is 5.62. The molecule has 11 heteroatoms. The number of hydrogen-bond donors (Lipinski definition) is 4. The summed E-state index contributed by atoms with van der Waals surface area (Å²) in [7, 11) is 0. The third kappa shape index (κ3) is 5.97. The van der Waals surface area contributed by atoms with E-state index in [1.165, 1.54) is 24.4 Å². The summed E-state index contributed by atoms with van der Waals surface area (Å²) in [6.45, 7) is 6.40. The zero-order valence-electron chi connectivity index (χ0n) is 20.6. The van der Waals surface area contributed by atoms with Gasteiger partial charge in [0.25, 0.3) is 5.91 Å². The number of carbonyl (C=O) groups is 1. The number of fused-ring (bicyclic) bond motifs is 1. The second-order valence-corrected chi connectivity index (χ2v) is 8.78. The molecule has 0 spiro atoms. The molecule has 2 heterocycles. The zero-order valence-corrected chi connectivity index (χ0v) is 21.4. The quantitative estimate of drug-likeness (QED) is 0.340. The summed E-state index contributed by atoms with van der Waals surface area (Å²) >= 11 is 6.59. The van der Waals surface area contributed by atoms with Gasteiger partial charge in [0.2, 0.25) is 5.96 Å². The van der Waals surface area contributed by atoms with Gasteiger partial charge in [0.05, 0.1) is 5.57 Å². The van der Waals surface area contributed by atoms with Crippen molar-refractivity contribution in [3.05, 3.63) is 81.4 Å². The van der Waals surface area contributed by atoms with Gasteiger partial charge in [-0.2, -0.15) is 4.98 Å². The Bertz CT molecular complexity index is 1460. The molecule has 0 saturated heterocycles. The summed E-state index contributed by atoms with van der Waals surface area (Å²) in [5.41, 5.74) is 9.69. The Morgan fingerprint density at radius 1 is 1.30 bits per heavy atom. The van der Waals surface area contributed by atoms with E-state index < -0.39 is 11.9 Å². The maximum atomic E-state index is 13.6. The van der Waals surface area contributed by atoms with Crippen LogP contribution in [0.2, 0.25) is 5.02 Å². The maximum Gasteiger partial charge on any atom is 0.302 e. The summed E-state index contributed by atoms with van der Waals surface area (Å²) in [6.07, 6.45) is 3.03. The number of aromatic nitrogens is 1. The summed E-state index contributed by atoms with van der Waals surface area (Å²) in [4.78, 5) is 26.6. The average molecular weight is 524 g/mol. The lowest BCUT2D eigenvalue weighted by Gasteiger charge is -2.27. The number of hydrogen-bond acceptors (Lipinski definition) is 8. The van der Waals surface area contributed by atoms with Crippen LogP contribution in [0.5, 0.6) is 0 Å². The van der Waals surface area contributed by atoms with Crippen LogP contribution in [0.15, 0.2) is 73.8 Å². The largest absolute Gasteiger partial charge is 0.423 e. The Hall–Kier alpha value is -4.18. The number of nitrogens with two attached hydrogens (primary N) is 1. The molecule has 0 bridgehead atoms. The Labute approximate surface area is 218 Å². The molecule has 4 rings (SSSR count). The number of carbonyl (C=O) groups excluding carboxylic acids is 1. The Balaban J connectivity index is 1.65. The van der Waals surface area contributed by atoms with E-state index in [2.05, 4.69) is 25.9 Å². The lowest BCUT2D eigenvalue weighted by atomic mass is 9.95. The molecule has 3 aromatic rings. The third-order valence-corrected chi connectivity index (χ3v) is 5.95. The van der Waals surface area contributed by atoms with E-state index in [1.54, 1.807) is 13.1 Å². The molecule has 1 amide bonds. The van der Waals surface area contributed by atoms with Crippen molar-refractivity contribution in [3.63, 3.8) is 0 Å². The van der Waals surface area contributed by atoms with Crippen LogP contribution in [0.4, 0.5) is 10.4 Å². The molecule has 37 heavy (non-hydrogen) atoms. The first-order chi connectivity index (χ1) is 17.8. The maximum absolute atomic E-state index is 13.6. The number of guanidine groups is 1. The number of nitrogens with one attached hydrogen (secondary N) is 3.